The van der Waals surface area contributed by atoms with Crippen molar-refractivity contribution in [1.82, 2.24) is 5.32 Å². The van der Waals surface area contributed by atoms with E-state index in [0.29, 0.717) is 0 Å². The van der Waals surface area contributed by atoms with Crippen LogP contribution in [0.5, 0.6) is 0 Å². The Hall–Kier alpha value is -1.36. The zero-order valence-corrected chi connectivity index (χ0v) is 12.1. The maximum atomic E-state index is 12.0. The maximum Gasteiger partial charge on any atom is 0.305 e. The average molecular weight is 326 g/mol. The summed E-state index contributed by atoms with van der Waals surface area (Å²) in [5.41, 5.74) is 0.395. The molecule has 5 heteroatoms. The van der Waals surface area contributed by atoms with Gasteiger partial charge in [0.2, 0.25) is 5.91 Å². The molecule has 1 aliphatic rings. The summed E-state index contributed by atoms with van der Waals surface area (Å²) in [5.74, 6) is -0.971. The number of carbonyl (C=O) groups excluding carboxylic acids is 1. The Morgan fingerprint density at radius 2 is 2.11 bits per heavy atom. The number of hydrogen-bond acceptors (Lipinski definition) is 2. The van der Waals surface area contributed by atoms with Crippen molar-refractivity contribution < 1.29 is 14.7 Å². The molecule has 1 amide bonds. The van der Waals surface area contributed by atoms with E-state index in [1.165, 1.54) is 0 Å². The largest absolute Gasteiger partial charge is 0.481 e. The highest BCUT2D eigenvalue weighted by Gasteiger charge is 2.40. The fourth-order valence-electron chi connectivity index (χ4n) is 2.41. The lowest BCUT2D eigenvalue weighted by atomic mass is 9.74. The molecule has 0 atom stereocenters. The standard InChI is InChI=1S/C14H16BrNO3/c15-11-4-1-3-10(7-11)8-12(17)16-14(5-2-6-14)9-13(18)19/h1,3-4,7H,2,5-6,8-9H2,(H,16,17)(H,18,19). The van der Waals surface area contributed by atoms with Crippen molar-refractivity contribution in [2.24, 2.45) is 0 Å². The topological polar surface area (TPSA) is 66.4 Å². The van der Waals surface area contributed by atoms with E-state index in [-0.39, 0.29) is 18.7 Å². The van der Waals surface area contributed by atoms with Crippen LogP contribution in [0, 0.1) is 0 Å². The second-order valence-corrected chi connectivity index (χ2v) is 5.97. The van der Waals surface area contributed by atoms with Gasteiger partial charge in [-0.3, -0.25) is 9.59 Å². The quantitative estimate of drug-likeness (QED) is 0.874. The van der Waals surface area contributed by atoms with Gasteiger partial charge in [0.1, 0.15) is 0 Å². The van der Waals surface area contributed by atoms with Gasteiger partial charge in [-0.25, -0.2) is 0 Å². The van der Waals surface area contributed by atoms with Crippen LogP contribution in [0.1, 0.15) is 31.2 Å². The van der Waals surface area contributed by atoms with Gasteiger partial charge in [-0.15, -0.1) is 0 Å². The van der Waals surface area contributed by atoms with Gasteiger partial charge in [0.25, 0.3) is 0 Å². The van der Waals surface area contributed by atoms with Crippen molar-refractivity contribution in [1.29, 1.82) is 0 Å². The molecule has 0 radical (unpaired) electrons. The van der Waals surface area contributed by atoms with Crippen molar-refractivity contribution in [3.8, 4) is 0 Å². The van der Waals surface area contributed by atoms with Crippen molar-refractivity contribution >= 4 is 27.8 Å². The molecule has 0 saturated heterocycles. The number of rotatable bonds is 5. The first-order chi connectivity index (χ1) is 8.99. The van der Waals surface area contributed by atoms with E-state index in [2.05, 4.69) is 21.2 Å². The number of carbonyl (C=O) groups is 2. The number of nitrogens with one attached hydrogen (secondary N) is 1. The summed E-state index contributed by atoms with van der Waals surface area (Å²) in [6.45, 7) is 0. The van der Waals surface area contributed by atoms with Gasteiger partial charge >= 0.3 is 5.97 Å². The summed E-state index contributed by atoms with van der Waals surface area (Å²) < 4.78 is 0.932. The van der Waals surface area contributed by atoms with Crippen molar-refractivity contribution in [3.63, 3.8) is 0 Å². The first-order valence-corrected chi connectivity index (χ1v) is 7.06. The molecule has 0 unspecified atom stereocenters. The lowest BCUT2D eigenvalue weighted by molar-refractivity contribution is -0.140. The summed E-state index contributed by atoms with van der Waals surface area (Å²) >= 11 is 3.36. The van der Waals surface area contributed by atoms with E-state index in [0.717, 1.165) is 29.3 Å². The molecule has 1 aromatic rings. The summed E-state index contributed by atoms with van der Waals surface area (Å²) in [4.78, 5) is 22.8. The van der Waals surface area contributed by atoms with Gasteiger partial charge in [0, 0.05) is 4.47 Å². The zero-order valence-electron chi connectivity index (χ0n) is 10.5. The minimum atomic E-state index is -0.859. The third-order valence-electron chi connectivity index (χ3n) is 3.46. The molecule has 0 aliphatic heterocycles. The number of aliphatic carboxylic acids is 1. The molecule has 1 fully saturated rings. The lowest BCUT2D eigenvalue weighted by Gasteiger charge is -2.41. The molecular formula is C14H16BrNO3. The number of halogens is 1. The van der Waals surface area contributed by atoms with Gasteiger partial charge in [0.15, 0.2) is 0 Å². The first kappa shape index (κ1) is 14.1. The van der Waals surface area contributed by atoms with E-state index in [9.17, 15) is 9.59 Å². The smallest absolute Gasteiger partial charge is 0.305 e. The normalized spacial score (nSPS) is 16.5. The number of amides is 1. The third-order valence-corrected chi connectivity index (χ3v) is 3.95. The van der Waals surface area contributed by atoms with Crippen LogP contribution >= 0.6 is 15.9 Å². The molecule has 1 saturated carbocycles. The Morgan fingerprint density at radius 3 is 2.63 bits per heavy atom. The summed E-state index contributed by atoms with van der Waals surface area (Å²) in [6, 6.07) is 7.56. The van der Waals surface area contributed by atoms with E-state index < -0.39 is 11.5 Å². The van der Waals surface area contributed by atoms with Crippen LogP contribution in [-0.4, -0.2) is 22.5 Å². The van der Waals surface area contributed by atoms with Crippen LogP contribution in [0.3, 0.4) is 0 Å². The lowest BCUT2D eigenvalue weighted by Crippen LogP contribution is -2.55. The van der Waals surface area contributed by atoms with Gasteiger partial charge in [0.05, 0.1) is 18.4 Å². The first-order valence-electron chi connectivity index (χ1n) is 6.26. The fourth-order valence-corrected chi connectivity index (χ4v) is 2.86. The van der Waals surface area contributed by atoms with Crippen molar-refractivity contribution in [2.45, 2.75) is 37.6 Å². The Bertz CT molecular complexity index is 497. The Labute approximate surface area is 120 Å². The molecule has 2 N–H and O–H groups in total. The van der Waals surface area contributed by atoms with Crippen LogP contribution in [0.4, 0.5) is 0 Å². The maximum absolute atomic E-state index is 12.0. The van der Waals surface area contributed by atoms with Gasteiger partial charge in [-0.05, 0) is 37.0 Å². The molecule has 0 bridgehead atoms. The summed E-state index contributed by atoms with van der Waals surface area (Å²) in [7, 11) is 0. The van der Waals surface area contributed by atoms with E-state index in [4.69, 9.17) is 5.11 Å². The second kappa shape index (κ2) is 5.74. The molecule has 102 valence electrons. The van der Waals surface area contributed by atoms with Gasteiger partial charge < -0.3 is 10.4 Å². The van der Waals surface area contributed by atoms with E-state index in [1.54, 1.807) is 0 Å². The SMILES string of the molecule is O=C(O)CC1(NC(=O)Cc2cccc(Br)c2)CCC1. The molecule has 19 heavy (non-hydrogen) atoms. The predicted molar refractivity (Wildman–Crippen MR) is 74.8 cm³/mol. The number of carboxylic acids is 1. The summed E-state index contributed by atoms with van der Waals surface area (Å²) in [5, 5.41) is 11.8. The number of carboxylic acid groups (broad SMARTS) is 1. The molecule has 4 nitrogen and oxygen atoms in total. The molecule has 0 heterocycles. The number of benzene rings is 1. The third kappa shape index (κ3) is 3.80. The van der Waals surface area contributed by atoms with Crippen molar-refractivity contribution in [3.05, 3.63) is 34.3 Å². The van der Waals surface area contributed by atoms with E-state index in [1.807, 2.05) is 24.3 Å². The van der Waals surface area contributed by atoms with Crippen LogP contribution < -0.4 is 5.32 Å². The highest BCUT2D eigenvalue weighted by atomic mass is 79.9. The molecule has 1 aromatic carbocycles. The molecule has 0 aromatic heterocycles. The highest BCUT2D eigenvalue weighted by molar-refractivity contribution is 9.10. The molecular weight excluding hydrogens is 310 g/mol. The van der Waals surface area contributed by atoms with Gasteiger partial charge in [-0.2, -0.15) is 0 Å². The minimum absolute atomic E-state index is 0.0111. The molecule has 0 spiro atoms. The number of hydrogen-bond donors (Lipinski definition) is 2. The fraction of sp³-hybridized carbons (Fsp3) is 0.429. The average Bonchev–Trinajstić information content (AvgIpc) is 2.25. The zero-order chi connectivity index (χ0) is 13.9. The van der Waals surface area contributed by atoms with Crippen molar-refractivity contribution in [2.75, 3.05) is 0 Å². The minimum Gasteiger partial charge on any atom is -0.481 e. The van der Waals surface area contributed by atoms with Crippen LogP contribution in [0.2, 0.25) is 0 Å². The Morgan fingerprint density at radius 1 is 1.37 bits per heavy atom. The monoisotopic (exact) mass is 325 g/mol. The van der Waals surface area contributed by atoms with Crippen LogP contribution in [-0.2, 0) is 16.0 Å². The predicted octanol–water partition coefficient (Wildman–Crippen LogP) is 2.51. The molecule has 2 rings (SSSR count). The second-order valence-electron chi connectivity index (χ2n) is 5.06. The van der Waals surface area contributed by atoms with Crippen LogP contribution in [0.15, 0.2) is 28.7 Å². The Balaban J connectivity index is 1.95. The molecule has 1 aliphatic carbocycles. The summed E-state index contributed by atoms with van der Waals surface area (Å²) in [6.07, 6.45) is 2.77. The van der Waals surface area contributed by atoms with Crippen LogP contribution in [0.25, 0.3) is 0 Å². The Kier molecular flexibility index (Phi) is 4.24. The van der Waals surface area contributed by atoms with Gasteiger partial charge in [-0.1, -0.05) is 28.1 Å². The van der Waals surface area contributed by atoms with E-state index >= 15 is 0 Å². The highest BCUT2D eigenvalue weighted by Crippen LogP contribution is 2.35.